The van der Waals surface area contributed by atoms with Gasteiger partial charge in [0.1, 0.15) is 23.6 Å². The number of aliphatic hydroxyl groups excluding tert-OH is 1. The summed E-state index contributed by atoms with van der Waals surface area (Å²) in [5.74, 6) is 1.15. The second-order valence-electron chi connectivity index (χ2n) is 6.93. The van der Waals surface area contributed by atoms with Gasteiger partial charge in [-0.1, -0.05) is 5.16 Å². The zero-order valence-corrected chi connectivity index (χ0v) is 15.1. The number of methoxy groups -OCH3 is 1. The van der Waals surface area contributed by atoms with Crippen molar-refractivity contribution in [3.63, 3.8) is 0 Å². The van der Waals surface area contributed by atoms with Crippen molar-refractivity contribution in [2.24, 2.45) is 0 Å². The largest absolute Gasteiger partial charge is 0.497 e. The van der Waals surface area contributed by atoms with Crippen molar-refractivity contribution in [3.8, 4) is 17.1 Å². The molecule has 0 spiro atoms. The zero-order valence-electron chi connectivity index (χ0n) is 15.1. The van der Waals surface area contributed by atoms with Gasteiger partial charge in [0.2, 0.25) is 0 Å². The number of aliphatic hydroxyl groups is 1. The van der Waals surface area contributed by atoms with Gasteiger partial charge >= 0.3 is 0 Å². The van der Waals surface area contributed by atoms with E-state index in [1.54, 1.807) is 31.4 Å². The van der Waals surface area contributed by atoms with Crippen molar-refractivity contribution in [2.75, 3.05) is 38.2 Å². The number of ether oxygens (including phenoxy) is 1. The topological polar surface area (TPSA) is 79.0 Å². The fraction of sp³-hybridized carbons (Fsp3) is 0.474. The summed E-state index contributed by atoms with van der Waals surface area (Å²) in [6.07, 6.45) is -0.553. The number of likely N-dealkylation sites (tertiary alicyclic amines) is 1. The van der Waals surface area contributed by atoms with Crippen LogP contribution in [-0.2, 0) is 0 Å². The fourth-order valence-corrected chi connectivity index (χ4v) is 3.63. The van der Waals surface area contributed by atoms with Gasteiger partial charge in [-0.15, -0.1) is 0 Å². The van der Waals surface area contributed by atoms with Gasteiger partial charge in [0.05, 0.1) is 13.7 Å². The summed E-state index contributed by atoms with van der Waals surface area (Å²) in [4.78, 5) is 16.5. The maximum Gasteiger partial charge on any atom is 0.261 e. The van der Waals surface area contributed by atoms with Crippen LogP contribution in [0.5, 0.6) is 5.75 Å². The number of anilines is 1. The number of halogens is 1. The van der Waals surface area contributed by atoms with Crippen LogP contribution in [0.4, 0.5) is 10.2 Å². The van der Waals surface area contributed by atoms with Crippen molar-refractivity contribution in [3.05, 3.63) is 29.8 Å². The van der Waals surface area contributed by atoms with Crippen LogP contribution in [0.1, 0.15) is 23.2 Å². The molecule has 2 saturated heterocycles. The first-order chi connectivity index (χ1) is 13.1. The molecule has 0 bridgehead atoms. The lowest BCUT2D eigenvalue weighted by atomic mass is 10.1. The summed E-state index contributed by atoms with van der Waals surface area (Å²) < 4.78 is 24.5. The normalized spacial score (nSPS) is 22.5. The van der Waals surface area contributed by atoms with Gasteiger partial charge in [0.25, 0.3) is 5.91 Å². The minimum Gasteiger partial charge on any atom is -0.497 e. The van der Waals surface area contributed by atoms with Crippen molar-refractivity contribution >= 4 is 11.7 Å². The van der Waals surface area contributed by atoms with E-state index >= 15 is 0 Å². The average molecular weight is 375 g/mol. The Kier molecular flexibility index (Phi) is 4.73. The number of benzene rings is 1. The lowest BCUT2D eigenvalue weighted by Gasteiger charge is -2.19. The Morgan fingerprint density at radius 1 is 1.26 bits per heavy atom. The second-order valence-corrected chi connectivity index (χ2v) is 6.93. The second kappa shape index (κ2) is 7.19. The van der Waals surface area contributed by atoms with Gasteiger partial charge in [-0.25, -0.2) is 4.39 Å². The van der Waals surface area contributed by atoms with Crippen LogP contribution in [0.25, 0.3) is 11.3 Å². The van der Waals surface area contributed by atoms with Crippen LogP contribution in [0.2, 0.25) is 0 Å². The third-order valence-electron chi connectivity index (χ3n) is 5.15. The van der Waals surface area contributed by atoms with Gasteiger partial charge in [0, 0.05) is 25.2 Å². The number of aromatic nitrogens is 1. The summed E-state index contributed by atoms with van der Waals surface area (Å²) in [6.45, 7) is 1.42. The van der Waals surface area contributed by atoms with E-state index in [0.717, 1.165) is 25.9 Å². The van der Waals surface area contributed by atoms with Crippen molar-refractivity contribution in [2.45, 2.75) is 25.1 Å². The molecule has 8 heteroatoms. The molecular formula is C19H22FN3O4. The summed E-state index contributed by atoms with van der Waals surface area (Å²) >= 11 is 0. The standard InChI is InChI=1S/C19H22FN3O4/c1-26-13-6-4-12(5-7-13)17-16(18(21-27-17)22-8-2-3-9-22)19(25)23-10-14(20)15(24)11-23/h4-7,14-15,24H,2-3,8-11H2,1H3/t14-,15-/m1/s1. The minimum absolute atomic E-state index is 0.0350. The fourth-order valence-electron chi connectivity index (χ4n) is 3.63. The summed E-state index contributed by atoms with van der Waals surface area (Å²) in [5.41, 5.74) is 1.01. The maximum atomic E-state index is 13.8. The third-order valence-corrected chi connectivity index (χ3v) is 5.15. The molecule has 0 aliphatic carbocycles. The highest BCUT2D eigenvalue weighted by Crippen LogP contribution is 2.35. The first kappa shape index (κ1) is 17.8. The van der Waals surface area contributed by atoms with E-state index in [2.05, 4.69) is 5.16 Å². The van der Waals surface area contributed by atoms with Crippen molar-refractivity contribution in [1.29, 1.82) is 0 Å². The van der Waals surface area contributed by atoms with Gasteiger partial charge in [-0.05, 0) is 37.1 Å². The van der Waals surface area contributed by atoms with E-state index in [0.29, 0.717) is 28.5 Å². The van der Waals surface area contributed by atoms with Crippen molar-refractivity contribution in [1.82, 2.24) is 10.1 Å². The van der Waals surface area contributed by atoms with Gasteiger partial charge in [-0.3, -0.25) is 4.79 Å². The first-order valence-corrected chi connectivity index (χ1v) is 9.09. The molecule has 144 valence electrons. The molecule has 2 aromatic rings. The number of hydrogen-bond donors (Lipinski definition) is 1. The van der Waals surface area contributed by atoms with E-state index in [9.17, 15) is 14.3 Å². The summed E-state index contributed by atoms with van der Waals surface area (Å²) in [7, 11) is 1.58. The Hall–Kier alpha value is -2.61. The zero-order chi connectivity index (χ0) is 19.0. The molecule has 2 fully saturated rings. The van der Waals surface area contributed by atoms with E-state index < -0.39 is 12.3 Å². The smallest absolute Gasteiger partial charge is 0.261 e. The molecule has 2 aliphatic rings. The number of nitrogens with zero attached hydrogens (tertiary/aromatic N) is 3. The molecule has 1 amide bonds. The molecule has 0 saturated carbocycles. The highest BCUT2D eigenvalue weighted by molar-refractivity contribution is 6.04. The van der Waals surface area contributed by atoms with Crippen LogP contribution < -0.4 is 9.64 Å². The predicted molar refractivity (Wildman–Crippen MR) is 96.7 cm³/mol. The Bertz CT molecular complexity index is 807. The third kappa shape index (κ3) is 3.25. The van der Waals surface area contributed by atoms with Gasteiger partial charge < -0.3 is 24.2 Å². The molecule has 0 unspecified atom stereocenters. The predicted octanol–water partition coefficient (Wildman–Crippen LogP) is 2.11. The van der Waals surface area contributed by atoms with Crippen LogP contribution in [0.15, 0.2) is 28.8 Å². The molecule has 1 aromatic carbocycles. The van der Waals surface area contributed by atoms with E-state index in [-0.39, 0.29) is 19.0 Å². The lowest BCUT2D eigenvalue weighted by Crippen LogP contribution is -2.31. The minimum atomic E-state index is -1.44. The number of β-amino-alcohol motifs (C(OH)–C–C–N with tert-alkyl or cyclic N) is 1. The summed E-state index contributed by atoms with van der Waals surface area (Å²) in [6, 6.07) is 7.14. The SMILES string of the molecule is COc1ccc(-c2onc(N3CCCC3)c2C(=O)N2C[C@@H](O)[C@H](F)C2)cc1. The molecule has 0 radical (unpaired) electrons. The molecule has 1 N–H and O–H groups in total. The molecule has 27 heavy (non-hydrogen) atoms. The maximum absolute atomic E-state index is 13.8. The Labute approximate surface area is 156 Å². The van der Waals surface area contributed by atoms with Gasteiger partial charge in [0.15, 0.2) is 11.6 Å². The van der Waals surface area contributed by atoms with E-state index in [1.807, 2.05) is 4.90 Å². The quantitative estimate of drug-likeness (QED) is 0.882. The van der Waals surface area contributed by atoms with Crippen LogP contribution in [0.3, 0.4) is 0 Å². The number of carbonyl (C=O) groups is 1. The molecule has 3 heterocycles. The number of amides is 1. The van der Waals surface area contributed by atoms with Crippen LogP contribution >= 0.6 is 0 Å². The van der Waals surface area contributed by atoms with Crippen molar-refractivity contribution < 1.29 is 23.6 Å². The number of alkyl halides is 1. The van der Waals surface area contributed by atoms with Crippen LogP contribution in [0, 0.1) is 0 Å². The number of rotatable bonds is 4. The average Bonchev–Trinajstić information content (AvgIpc) is 3.41. The lowest BCUT2D eigenvalue weighted by molar-refractivity contribution is 0.0765. The van der Waals surface area contributed by atoms with E-state index in [4.69, 9.17) is 9.26 Å². The van der Waals surface area contributed by atoms with Crippen LogP contribution in [-0.4, -0.2) is 66.6 Å². The van der Waals surface area contributed by atoms with Gasteiger partial charge in [-0.2, -0.15) is 0 Å². The number of carbonyl (C=O) groups excluding carboxylic acids is 1. The highest BCUT2D eigenvalue weighted by Gasteiger charge is 2.38. The Balaban J connectivity index is 1.74. The monoisotopic (exact) mass is 375 g/mol. The molecule has 2 atom stereocenters. The summed E-state index contributed by atoms with van der Waals surface area (Å²) in [5, 5.41) is 13.9. The molecular weight excluding hydrogens is 353 g/mol. The molecule has 7 nitrogen and oxygen atoms in total. The Morgan fingerprint density at radius 3 is 2.56 bits per heavy atom. The number of hydrogen-bond acceptors (Lipinski definition) is 6. The molecule has 2 aliphatic heterocycles. The van der Waals surface area contributed by atoms with E-state index in [1.165, 1.54) is 4.90 Å². The Morgan fingerprint density at radius 2 is 1.96 bits per heavy atom. The first-order valence-electron chi connectivity index (χ1n) is 9.09. The highest BCUT2D eigenvalue weighted by atomic mass is 19.1. The molecule has 1 aromatic heterocycles. The molecule has 4 rings (SSSR count).